The SMILES string of the molecule is C=CCC=CC(=CC)N(C)Nc1ccc(N(C(CC)CCCCCCC)C(CC)CCCCCCC)cc1C. The average molecular weight is 538 g/mol. The Bertz CT molecular complexity index is 803. The highest BCUT2D eigenvalue weighted by Gasteiger charge is 2.25. The van der Waals surface area contributed by atoms with Crippen LogP contribution in [0.25, 0.3) is 0 Å². The Kier molecular flexibility index (Phi) is 19.3. The monoisotopic (exact) mass is 538 g/mol. The number of hydrazine groups is 1. The number of aryl methyl sites for hydroxylation is 1. The summed E-state index contributed by atoms with van der Waals surface area (Å²) in [5.41, 5.74) is 8.62. The van der Waals surface area contributed by atoms with Gasteiger partial charge in [-0.05, 0) is 75.8 Å². The van der Waals surface area contributed by atoms with E-state index in [1.54, 1.807) is 0 Å². The van der Waals surface area contributed by atoms with Crippen molar-refractivity contribution in [2.45, 2.75) is 150 Å². The molecule has 1 aromatic carbocycles. The van der Waals surface area contributed by atoms with Crippen LogP contribution in [0.4, 0.5) is 11.4 Å². The van der Waals surface area contributed by atoms with E-state index in [1.165, 1.54) is 101 Å². The van der Waals surface area contributed by atoms with Crippen LogP contribution < -0.4 is 10.3 Å². The number of rotatable bonds is 23. The number of hydrogen-bond acceptors (Lipinski definition) is 3. The Morgan fingerprint density at radius 1 is 0.872 bits per heavy atom. The van der Waals surface area contributed by atoms with Crippen molar-refractivity contribution >= 4 is 11.4 Å². The number of nitrogens with zero attached hydrogens (tertiary/aromatic N) is 2. The van der Waals surface area contributed by atoms with Gasteiger partial charge in [-0.1, -0.05) is 110 Å². The van der Waals surface area contributed by atoms with Gasteiger partial charge in [0.2, 0.25) is 0 Å². The van der Waals surface area contributed by atoms with Gasteiger partial charge in [0, 0.05) is 24.8 Å². The highest BCUT2D eigenvalue weighted by Crippen LogP contribution is 2.32. The fourth-order valence-electron chi connectivity index (χ4n) is 5.63. The predicted molar refractivity (Wildman–Crippen MR) is 178 cm³/mol. The molecule has 0 saturated carbocycles. The third kappa shape index (κ3) is 13.2. The molecule has 0 aromatic heterocycles. The van der Waals surface area contributed by atoms with Crippen molar-refractivity contribution in [1.29, 1.82) is 0 Å². The third-order valence-electron chi connectivity index (χ3n) is 8.08. The van der Waals surface area contributed by atoms with Gasteiger partial charge in [0.15, 0.2) is 0 Å². The standard InChI is InChI=1S/C36H63N3/c1-9-15-18-20-23-26-33(13-5)39(34(14-6)27-24-21-19-16-10-2)35-28-29-36(31(7)30-35)37-38(8)32(12-4)25-22-17-11-3/h11-12,22,25,28-30,33-34,37H,3,9-10,13-21,23-24,26-27H2,1-2,4-8H3. The van der Waals surface area contributed by atoms with E-state index in [2.05, 4.69) is 107 Å². The molecule has 3 nitrogen and oxygen atoms in total. The molecule has 0 saturated heterocycles. The molecule has 0 aliphatic rings. The molecule has 222 valence electrons. The Labute approximate surface area is 243 Å². The van der Waals surface area contributed by atoms with Crippen molar-refractivity contribution in [2.75, 3.05) is 17.4 Å². The lowest BCUT2D eigenvalue weighted by Gasteiger charge is -2.40. The molecule has 3 heteroatoms. The molecule has 0 spiro atoms. The summed E-state index contributed by atoms with van der Waals surface area (Å²) in [7, 11) is 2.09. The molecular formula is C36H63N3. The van der Waals surface area contributed by atoms with Crippen LogP contribution in [0.1, 0.15) is 136 Å². The normalized spacial score (nSPS) is 13.5. The van der Waals surface area contributed by atoms with Crippen LogP contribution in [-0.2, 0) is 0 Å². The largest absolute Gasteiger partial charge is 0.366 e. The minimum Gasteiger partial charge on any atom is -0.366 e. The number of hydrogen-bond donors (Lipinski definition) is 1. The first-order chi connectivity index (χ1) is 19.0. The summed E-state index contributed by atoms with van der Waals surface area (Å²) in [5, 5.41) is 2.11. The fraction of sp³-hybridized carbons (Fsp3) is 0.667. The van der Waals surface area contributed by atoms with Crippen LogP contribution in [0, 0.1) is 6.92 Å². The predicted octanol–water partition coefficient (Wildman–Crippen LogP) is 11.4. The van der Waals surface area contributed by atoms with Crippen molar-refractivity contribution in [3.05, 3.63) is 60.3 Å². The summed E-state index contributed by atoms with van der Waals surface area (Å²) in [5.74, 6) is 0. The van der Waals surface area contributed by atoms with Crippen LogP contribution in [0.15, 0.2) is 54.8 Å². The van der Waals surface area contributed by atoms with E-state index in [1.807, 2.05) is 6.08 Å². The zero-order chi connectivity index (χ0) is 28.9. The Balaban J connectivity index is 3.14. The first-order valence-electron chi connectivity index (χ1n) is 16.3. The van der Waals surface area contributed by atoms with Crippen molar-refractivity contribution < 1.29 is 0 Å². The van der Waals surface area contributed by atoms with E-state index in [0.29, 0.717) is 12.1 Å². The Hall–Kier alpha value is -2.16. The summed E-state index contributed by atoms with van der Waals surface area (Å²) >= 11 is 0. The van der Waals surface area contributed by atoms with Gasteiger partial charge in [0.1, 0.15) is 0 Å². The molecular weight excluding hydrogens is 474 g/mol. The van der Waals surface area contributed by atoms with E-state index >= 15 is 0 Å². The van der Waals surface area contributed by atoms with Crippen molar-refractivity contribution in [2.24, 2.45) is 0 Å². The first-order valence-corrected chi connectivity index (χ1v) is 16.3. The first kappa shape index (κ1) is 34.9. The summed E-state index contributed by atoms with van der Waals surface area (Å²) in [4.78, 5) is 2.83. The molecule has 39 heavy (non-hydrogen) atoms. The molecule has 0 radical (unpaired) electrons. The van der Waals surface area contributed by atoms with Crippen LogP contribution in [0.2, 0.25) is 0 Å². The van der Waals surface area contributed by atoms with E-state index in [9.17, 15) is 0 Å². The van der Waals surface area contributed by atoms with Crippen LogP contribution >= 0.6 is 0 Å². The molecule has 0 heterocycles. The molecule has 1 N–H and O–H groups in total. The topological polar surface area (TPSA) is 18.5 Å². The van der Waals surface area contributed by atoms with Gasteiger partial charge in [-0.2, -0.15) is 0 Å². The maximum atomic E-state index is 3.82. The van der Waals surface area contributed by atoms with Gasteiger partial charge in [0.25, 0.3) is 0 Å². The maximum Gasteiger partial charge on any atom is 0.0572 e. The zero-order valence-corrected chi connectivity index (χ0v) is 26.9. The summed E-state index contributed by atoms with van der Waals surface area (Å²) in [6.45, 7) is 17.6. The van der Waals surface area contributed by atoms with E-state index in [4.69, 9.17) is 0 Å². The second-order valence-corrected chi connectivity index (χ2v) is 11.2. The van der Waals surface area contributed by atoms with Crippen molar-refractivity contribution in [3.8, 4) is 0 Å². The van der Waals surface area contributed by atoms with E-state index in [0.717, 1.165) is 17.8 Å². The Morgan fingerprint density at radius 2 is 1.44 bits per heavy atom. The molecule has 0 aliphatic heterocycles. The smallest absolute Gasteiger partial charge is 0.0572 e. The van der Waals surface area contributed by atoms with Gasteiger partial charge in [-0.25, -0.2) is 0 Å². The molecule has 1 rings (SSSR count). The van der Waals surface area contributed by atoms with Crippen LogP contribution in [0.5, 0.6) is 0 Å². The summed E-state index contributed by atoms with van der Waals surface area (Å²) in [6.07, 6.45) is 27.8. The number of likely N-dealkylation sites (N-methyl/N-ethyl adjacent to an activating group) is 1. The number of anilines is 2. The highest BCUT2D eigenvalue weighted by molar-refractivity contribution is 5.61. The molecule has 0 bridgehead atoms. The zero-order valence-electron chi connectivity index (χ0n) is 26.9. The van der Waals surface area contributed by atoms with Gasteiger partial charge < -0.3 is 4.90 Å². The highest BCUT2D eigenvalue weighted by atomic mass is 15.5. The molecule has 2 atom stereocenters. The lowest BCUT2D eigenvalue weighted by atomic mass is 9.96. The minimum absolute atomic E-state index is 0.609. The van der Waals surface area contributed by atoms with Gasteiger partial charge >= 0.3 is 0 Å². The quantitative estimate of drug-likeness (QED) is 0.0648. The average Bonchev–Trinajstić information content (AvgIpc) is 2.94. The number of allylic oxidation sites excluding steroid dienone is 4. The second kappa shape index (κ2) is 21.6. The third-order valence-corrected chi connectivity index (χ3v) is 8.08. The fourth-order valence-corrected chi connectivity index (χ4v) is 5.63. The number of unbranched alkanes of at least 4 members (excludes halogenated alkanes) is 8. The summed E-state index contributed by atoms with van der Waals surface area (Å²) < 4.78 is 0. The maximum absolute atomic E-state index is 3.82. The van der Waals surface area contributed by atoms with Crippen molar-refractivity contribution in [3.63, 3.8) is 0 Å². The van der Waals surface area contributed by atoms with E-state index in [-0.39, 0.29) is 0 Å². The van der Waals surface area contributed by atoms with Crippen LogP contribution in [-0.4, -0.2) is 24.1 Å². The second-order valence-electron chi connectivity index (χ2n) is 11.2. The number of benzene rings is 1. The molecule has 0 fully saturated rings. The van der Waals surface area contributed by atoms with Crippen molar-refractivity contribution in [1.82, 2.24) is 5.01 Å². The number of nitrogens with one attached hydrogen (secondary N) is 1. The lowest BCUT2D eigenvalue weighted by molar-refractivity contribution is 0.415. The van der Waals surface area contributed by atoms with Crippen LogP contribution in [0.3, 0.4) is 0 Å². The summed E-state index contributed by atoms with van der Waals surface area (Å²) in [6, 6.07) is 8.30. The lowest BCUT2D eigenvalue weighted by Crippen LogP contribution is -2.43. The Morgan fingerprint density at radius 3 is 1.90 bits per heavy atom. The molecule has 2 unspecified atom stereocenters. The van der Waals surface area contributed by atoms with E-state index < -0.39 is 0 Å². The van der Waals surface area contributed by atoms with Gasteiger partial charge in [0.05, 0.1) is 11.4 Å². The molecule has 0 amide bonds. The molecule has 0 aliphatic carbocycles. The molecule has 1 aromatic rings. The van der Waals surface area contributed by atoms with Gasteiger partial charge in [-0.15, -0.1) is 6.58 Å². The minimum atomic E-state index is 0.609. The van der Waals surface area contributed by atoms with Gasteiger partial charge in [-0.3, -0.25) is 10.4 Å².